The van der Waals surface area contributed by atoms with Gasteiger partial charge in [-0.15, -0.1) is 0 Å². The van der Waals surface area contributed by atoms with Crippen LogP contribution in [-0.2, 0) is 12.8 Å². The van der Waals surface area contributed by atoms with Crippen LogP contribution in [0.5, 0.6) is 0 Å². The van der Waals surface area contributed by atoms with Gasteiger partial charge in [-0.2, -0.15) is 0 Å². The Balaban J connectivity index is 1.22. The van der Waals surface area contributed by atoms with Crippen LogP contribution in [0.25, 0.3) is 0 Å². The summed E-state index contributed by atoms with van der Waals surface area (Å²) < 4.78 is 57.2. The molecule has 0 nitrogen and oxygen atoms in total. The van der Waals surface area contributed by atoms with Gasteiger partial charge < -0.3 is 0 Å². The van der Waals surface area contributed by atoms with Crippen molar-refractivity contribution < 1.29 is 17.6 Å². The Bertz CT molecular complexity index is 989. The molecule has 0 spiro atoms. The third-order valence-electron chi connectivity index (χ3n) is 9.35. The van der Waals surface area contributed by atoms with Crippen LogP contribution in [0.2, 0.25) is 5.02 Å². The SMILES string of the molecule is CCCCC[C@H]1CC[C@H](CC[C@H]2CC[C@H](c3cc(F)c(CCc4cc(F)c(Cl)c(F)c4)c(F)c3)CC2)CC1. The van der Waals surface area contributed by atoms with Crippen molar-refractivity contribution in [3.8, 4) is 0 Å². The van der Waals surface area contributed by atoms with Gasteiger partial charge in [-0.3, -0.25) is 0 Å². The summed E-state index contributed by atoms with van der Waals surface area (Å²) in [6.45, 7) is 2.28. The van der Waals surface area contributed by atoms with Gasteiger partial charge in [-0.25, -0.2) is 17.6 Å². The summed E-state index contributed by atoms with van der Waals surface area (Å²) in [7, 11) is 0. The lowest BCUT2D eigenvalue weighted by atomic mass is 9.74. The Kier molecular flexibility index (Phi) is 11.0. The zero-order valence-corrected chi connectivity index (χ0v) is 23.6. The third kappa shape index (κ3) is 7.99. The molecule has 0 radical (unpaired) electrons. The van der Waals surface area contributed by atoms with Gasteiger partial charge >= 0.3 is 0 Å². The summed E-state index contributed by atoms with van der Waals surface area (Å²) in [5.74, 6) is -0.0669. The van der Waals surface area contributed by atoms with Crippen molar-refractivity contribution in [3.05, 3.63) is 69.2 Å². The van der Waals surface area contributed by atoms with Gasteiger partial charge in [-0.05, 0) is 97.6 Å². The first kappa shape index (κ1) is 29.4. The maximum Gasteiger partial charge on any atom is 0.145 e. The van der Waals surface area contributed by atoms with E-state index in [1.807, 2.05) is 0 Å². The van der Waals surface area contributed by atoms with Gasteiger partial charge in [0.2, 0.25) is 0 Å². The third-order valence-corrected chi connectivity index (χ3v) is 9.72. The molecular formula is C33H43ClF4. The Morgan fingerprint density at radius 3 is 1.66 bits per heavy atom. The van der Waals surface area contributed by atoms with E-state index >= 15 is 0 Å². The smallest absolute Gasteiger partial charge is 0.145 e. The molecule has 4 rings (SSSR count). The number of rotatable bonds is 11. The summed E-state index contributed by atoms with van der Waals surface area (Å²) >= 11 is 5.52. The van der Waals surface area contributed by atoms with E-state index in [-0.39, 0.29) is 24.3 Å². The molecule has 210 valence electrons. The second kappa shape index (κ2) is 14.2. The van der Waals surface area contributed by atoms with Crippen molar-refractivity contribution in [2.24, 2.45) is 17.8 Å². The highest BCUT2D eigenvalue weighted by Gasteiger charge is 2.26. The molecule has 0 saturated heterocycles. The quantitative estimate of drug-likeness (QED) is 0.148. The van der Waals surface area contributed by atoms with E-state index < -0.39 is 28.3 Å². The molecule has 2 aromatic rings. The van der Waals surface area contributed by atoms with Crippen molar-refractivity contribution in [2.45, 2.75) is 116 Å². The van der Waals surface area contributed by atoms with Crippen LogP contribution in [-0.4, -0.2) is 0 Å². The molecular weight excluding hydrogens is 508 g/mol. The fourth-order valence-electron chi connectivity index (χ4n) is 6.87. The van der Waals surface area contributed by atoms with Crippen LogP contribution >= 0.6 is 11.6 Å². The second-order valence-corrected chi connectivity index (χ2v) is 12.4. The van der Waals surface area contributed by atoms with E-state index in [1.165, 1.54) is 76.3 Å². The molecule has 0 unspecified atom stereocenters. The number of aryl methyl sites for hydroxylation is 1. The summed E-state index contributed by atoms with van der Waals surface area (Å²) in [6, 6.07) is 5.19. The first-order chi connectivity index (χ1) is 18.3. The monoisotopic (exact) mass is 550 g/mol. The van der Waals surface area contributed by atoms with E-state index in [0.29, 0.717) is 5.56 Å². The molecule has 0 atom stereocenters. The van der Waals surface area contributed by atoms with E-state index in [4.69, 9.17) is 11.6 Å². The minimum absolute atomic E-state index is 0.0294. The normalized spacial score (nSPS) is 24.1. The predicted octanol–water partition coefficient (Wildman–Crippen LogP) is 11.1. The lowest BCUT2D eigenvalue weighted by Crippen LogP contribution is -2.18. The average molecular weight is 551 g/mol. The Labute approximate surface area is 231 Å². The zero-order chi connectivity index (χ0) is 27.1. The van der Waals surface area contributed by atoms with Gasteiger partial charge in [0.25, 0.3) is 0 Å². The van der Waals surface area contributed by atoms with Crippen LogP contribution in [0, 0.1) is 41.0 Å². The molecule has 0 heterocycles. The highest BCUT2D eigenvalue weighted by molar-refractivity contribution is 6.30. The summed E-state index contributed by atoms with van der Waals surface area (Å²) in [6.07, 6.45) is 18.2. The largest absolute Gasteiger partial charge is 0.207 e. The molecule has 5 heteroatoms. The Morgan fingerprint density at radius 1 is 0.632 bits per heavy atom. The van der Waals surface area contributed by atoms with E-state index in [9.17, 15) is 17.6 Å². The highest BCUT2D eigenvalue weighted by atomic mass is 35.5. The average Bonchev–Trinajstić information content (AvgIpc) is 2.91. The standard InChI is InChI=1S/C33H43ClF4/c1-2-3-4-5-22-6-8-23(9-7-22)10-11-24-12-15-26(16-13-24)27-20-29(35)28(30(36)21-27)17-14-25-18-31(37)33(34)32(38)19-25/h18-24,26H,2-17H2,1H3/t22-,23-,24-,26-. The van der Waals surface area contributed by atoms with Crippen molar-refractivity contribution >= 4 is 11.6 Å². The number of hydrogen-bond acceptors (Lipinski definition) is 0. The van der Waals surface area contributed by atoms with E-state index in [0.717, 1.165) is 61.1 Å². The van der Waals surface area contributed by atoms with E-state index in [2.05, 4.69) is 6.92 Å². The van der Waals surface area contributed by atoms with E-state index in [1.54, 1.807) is 0 Å². The molecule has 0 bridgehead atoms. The van der Waals surface area contributed by atoms with Crippen molar-refractivity contribution in [2.75, 3.05) is 0 Å². The molecule has 38 heavy (non-hydrogen) atoms. The maximum atomic E-state index is 14.9. The second-order valence-electron chi connectivity index (χ2n) is 12.0. The summed E-state index contributed by atoms with van der Waals surface area (Å²) in [4.78, 5) is 0. The van der Waals surface area contributed by atoms with Crippen LogP contribution in [0.3, 0.4) is 0 Å². The number of halogens is 5. The van der Waals surface area contributed by atoms with Crippen LogP contribution < -0.4 is 0 Å². The lowest BCUT2D eigenvalue weighted by Gasteiger charge is -2.32. The number of benzene rings is 2. The molecule has 2 aromatic carbocycles. The van der Waals surface area contributed by atoms with Gasteiger partial charge in [0.1, 0.15) is 28.3 Å². The molecule has 2 saturated carbocycles. The lowest BCUT2D eigenvalue weighted by molar-refractivity contribution is 0.222. The predicted molar refractivity (Wildman–Crippen MR) is 149 cm³/mol. The molecule has 0 N–H and O–H groups in total. The maximum absolute atomic E-state index is 14.9. The van der Waals surface area contributed by atoms with Gasteiger partial charge in [0.15, 0.2) is 0 Å². The van der Waals surface area contributed by atoms with Crippen molar-refractivity contribution in [3.63, 3.8) is 0 Å². The van der Waals surface area contributed by atoms with Gasteiger partial charge in [-0.1, -0.05) is 82.7 Å². The Morgan fingerprint density at radius 2 is 1.13 bits per heavy atom. The fraction of sp³-hybridized carbons (Fsp3) is 0.636. The molecule has 0 aliphatic heterocycles. The highest BCUT2D eigenvalue weighted by Crippen LogP contribution is 2.41. The summed E-state index contributed by atoms with van der Waals surface area (Å²) in [5.41, 5.74) is 1.04. The molecule has 0 aromatic heterocycles. The topological polar surface area (TPSA) is 0 Å². The minimum atomic E-state index is -0.862. The van der Waals surface area contributed by atoms with Gasteiger partial charge in [0, 0.05) is 5.56 Å². The molecule has 2 aliphatic carbocycles. The fourth-order valence-corrected chi connectivity index (χ4v) is 6.98. The number of hydrogen-bond donors (Lipinski definition) is 0. The van der Waals surface area contributed by atoms with Crippen molar-refractivity contribution in [1.82, 2.24) is 0 Å². The van der Waals surface area contributed by atoms with Crippen LogP contribution in [0.1, 0.15) is 119 Å². The minimum Gasteiger partial charge on any atom is -0.207 e. The Hall–Kier alpha value is -1.55. The molecule has 2 aliphatic rings. The zero-order valence-electron chi connectivity index (χ0n) is 22.8. The molecule has 2 fully saturated rings. The van der Waals surface area contributed by atoms with Crippen LogP contribution in [0.15, 0.2) is 24.3 Å². The van der Waals surface area contributed by atoms with Crippen molar-refractivity contribution in [1.29, 1.82) is 0 Å². The molecule has 0 amide bonds. The van der Waals surface area contributed by atoms with Crippen LogP contribution in [0.4, 0.5) is 17.6 Å². The summed E-state index contributed by atoms with van der Waals surface area (Å²) in [5, 5.41) is -0.564. The number of unbranched alkanes of at least 4 members (excludes halogenated alkanes) is 2. The van der Waals surface area contributed by atoms with Gasteiger partial charge in [0.05, 0.1) is 0 Å². The first-order valence-electron chi connectivity index (χ1n) is 14.9. The first-order valence-corrected chi connectivity index (χ1v) is 15.3.